The van der Waals surface area contributed by atoms with Gasteiger partial charge < -0.3 is 10.4 Å². The zero-order valence-electron chi connectivity index (χ0n) is 12.9. The number of rotatable bonds is 6. The van der Waals surface area contributed by atoms with Crippen LogP contribution < -0.4 is 5.32 Å². The van der Waals surface area contributed by atoms with Crippen LogP contribution in [-0.4, -0.2) is 28.1 Å². The normalized spacial score (nSPS) is 25.2. The highest BCUT2D eigenvalue weighted by Gasteiger charge is 2.34. The molecule has 0 unspecified atom stereocenters. The van der Waals surface area contributed by atoms with Crippen LogP contribution in [-0.2, 0) is 11.2 Å². The lowest BCUT2D eigenvalue weighted by atomic mass is 9.75. The van der Waals surface area contributed by atoms with E-state index in [4.69, 9.17) is 0 Å². The number of amides is 1. The maximum Gasteiger partial charge on any atom is 0.224 e. The highest BCUT2D eigenvalue weighted by atomic mass is 16.3. The first-order valence-electron chi connectivity index (χ1n) is 8.25. The van der Waals surface area contributed by atoms with E-state index in [1.165, 1.54) is 17.6 Å². The fourth-order valence-corrected chi connectivity index (χ4v) is 3.43. The summed E-state index contributed by atoms with van der Waals surface area (Å²) in [6, 6.07) is 4.10. The maximum atomic E-state index is 12.3. The number of nitrogens with one attached hydrogen (secondary N) is 1. The molecule has 1 aromatic heterocycles. The van der Waals surface area contributed by atoms with Crippen molar-refractivity contribution in [2.75, 3.05) is 0 Å². The number of allylic oxidation sites excluding steroid dienone is 1. The molecule has 118 valence electrons. The minimum Gasteiger partial charge on any atom is -0.393 e. The highest BCUT2D eigenvalue weighted by molar-refractivity contribution is 5.79. The average molecular weight is 300 g/mol. The molecular weight excluding hydrogens is 276 g/mol. The number of aromatic nitrogens is 1. The molecule has 1 saturated carbocycles. The number of hydrogen-bond acceptors (Lipinski definition) is 3. The van der Waals surface area contributed by atoms with Gasteiger partial charge in [0.15, 0.2) is 0 Å². The van der Waals surface area contributed by atoms with E-state index in [1.54, 1.807) is 12.4 Å². The predicted molar refractivity (Wildman–Crippen MR) is 85.2 cm³/mol. The van der Waals surface area contributed by atoms with Crippen LogP contribution in [0.3, 0.4) is 0 Å². The Bertz CT molecular complexity index is 535. The topological polar surface area (TPSA) is 62.2 Å². The van der Waals surface area contributed by atoms with Crippen molar-refractivity contribution in [2.45, 2.75) is 57.1 Å². The SMILES string of the molecule is O=C(CC1=CCCC1)N[C@H](Cc1ccncc1)C1CC(O)C1. The van der Waals surface area contributed by atoms with E-state index >= 15 is 0 Å². The quantitative estimate of drug-likeness (QED) is 0.793. The zero-order chi connectivity index (χ0) is 15.4. The lowest BCUT2D eigenvalue weighted by Gasteiger charge is -2.38. The lowest BCUT2D eigenvalue weighted by molar-refractivity contribution is -0.122. The van der Waals surface area contributed by atoms with Gasteiger partial charge in [-0.3, -0.25) is 9.78 Å². The molecule has 2 N–H and O–H groups in total. The van der Waals surface area contributed by atoms with Gasteiger partial charge in [0.1, 0.15) is 0 Å². The van der Waals surface area contributed by atoms with E-state index in [1.807, 2.05) is 12.1 Å². The molecule has 4 heteroatoms. The largest absolute Gasteiger partial charge is 0.393 e. The van der Waals surface area contributed by atoms with Crippen molar-refractivity contribution in [3.63, 3.8) is 0 Å². The number of pyridine rings is 1. The van der Waals surface area contributed by atoms with Crippen molar-refractivity contribution in [2.24, 2.45) is 5.92 Å². The molecule has 2 aliphatic carbocycles. The highest BCUT2D eigenvalue weighted by Crippen LogP contribution is 2.32. The van der Waals surface area contributed by atoms with Gasteiger partial charge in [-0.05, 0) is 62.1 Å². The van der Waals surface area contributed by atoms with Gasteiger partial charge in [-0.2, -0.15) is 0 Å². The molecule has 0 bridgehead atoms. The van der Waals surface area contributed by atoms with Crippen molar-refractivity contribution in [1.29, 1.82) is 0 Å². The molecule has 1 atom stereocenters. The summed E-state index contributed by atoms with van der Waals surface area (Å²) in [5.74, 6) is 0.498. The van der Waals surface area contributed by atoms with Crippen LogP contribution in [0.2, 0.25) is 0 Å². The summed E-state index contributed by atoms with van der Waals surface area (Å²) in [6.07, 6.45) is 11.8. The Hall–Kier alpha value is -1.68. The van der Waals surface area contributed by atoms with Crippen molar-refractivity contribution in [3.05, 3.63) is 41.7 Å². The average Bonchev–Trinajstić information content (AvgIpc) is 2.97. The minimum atomic E-state index is -0.195. The molecule has 4 nitrogen and oxygen atoms in total. The van der Waals surface area contributed by atoms with Crippen LogP contribution in [0.25, 0.3) is 0 Å². The Morgan fingerprint density at radius 3 is 2.77 bits per heavy atom. The number of carbonyl (C=O) groups excluding carboxylic acids is 1. The van der Waals surface area contributed by atoms with Crippen molar-refractivity contribution in [1.82, 2.24) is 10.3 Å². The summed E-state index contributed by atoms with van der Waals surface area (Å²) in [5.41, 5.74) is 2.45. The van der Waals surface area contributed by atoms with Gasteiger partial charge in [-0.25, -0.2) is 0 Å². The summed E-state index contributed by atoms with van der Waals surface area (Å²) in [7, 11) is 0. The summed E-state index contributed by atoms with van der Waals surface area (Å²) in [4.78, 5) is 16.3. The number of aliphatic hydroxyl groups excluding tert-OH is 1. The first-order chi connectivity index (χ1) is 10.7. The van der Waals surface area contributed by atoms with Crippen LogP contribution in [0.5, 0.6) is 0 Å². The Morgan fingerprint density at radius 2 is 2.14 bits per heavy atom. The molecule has 0 aromatic carbocycles. The molecule has 0 radical (unpaired) electrons. The molecule has 1 aromatic rings. The summed E-state index contributed by atoms with van der Waals surface area (Å²) >= 11 is 0. The first kappa shape index (κ1) is 15.2. The van der Waals surface area contributed by atoms with E-state index in [-0.39, 0.29) is 18.1 Å². The van der Waals surface area contributed by atoms with E-state index in [0.29, 0.717) is 12.3 Å². The van der Waals surface area contributed by atoms with Gasteiger partial charge in [-0.1, -0.05) is 11.6 Å². The second-order valence-electron chi connectivity index (χ2n) is 6.55. The molecule has 0 aliphatic heterocycles. The van der Waals surface area contributed by atoms with Gasteiger partial charge in [0.05, 0.1) is 6.10 Å². The fraction of sp³-hybridized carbons (Fsp3) is 0.556. The number of carbonyl (C=O) groups is 1. The monoisotopic (exact) mass is 300 g/mol. The summed E-state index contributed by atoms with van der Waals surface area (Å²) in [6.45, 7) is 0. The van der Waals surface area contributed by atoms with E-state index in [2.05, 4.69) is 16.4 Å². The minimum absolute atomic E-state index is 0.111. The van der Waals surface area contributed by atoms with Gasteiger partial charge in [0.2, 0.25) is 5.91 Å². The smallest absolute Gasteiger partial charge is 0.224 e. The second-order valence-corrected chi connectivity index (χ2v) is 6.55. The third-order valence-corrected chi connectivity index (χ3v) is 4.79. The number of nitrogens with zero attached hydrogens (tertiary/aromatic N) is 1. The molecular formula is C18H24N2O2. The third kappa shape index (κ3) is 3.95. The predicted octanol–water partition coefficient (Wildman–Crippen LogP) is 2.38. The van der Waals surface area contributed by atoms with Crippen LogP contribution in [0.4, 0.5) is 0 Å². The van der Waals surface area contributed by atoms with Crippen LogP contribution in [0.1, 0.15) is 44.1 Å². The van der Waals surface area contributed by atoms with Crippen LogP contribution >= 0.6 is 0 Å². The van der Waals surface area contributed by atoms with E-state index in [9.17, 15) is 9.90 Å². The molecule has 2 aliphatic rings. The molecule has 22 heavy (non-hydrogen) atoms. The van der Waals surface area contributed by atoms with Gasteiger partial charge in [-0.15, -0.1) is 0 Å². The van der Waals surface area contributed by atoms with Gasteiger partial charge in [0, 0.05) is 24.9 Å². The zero-order valence-corrected chi connectivity index (χ0v) is 12.9. The molecule has 0 spiro atoms. The summed E-state index contributed by atoms with van der Waals surface area (Å²) < 4.78 is 0. The third-order valence-electron chi connectivity index (χ3n) is 4.79. The Balaban J connectivity index is 1.59. The lowest BCUT2D eigenvalue weighted by Crippen LogP contribution is -2.48. The van der Waals surface area contributed by atoms with Crippen molar-refractivity contribution >= 4 is 5.91 Å². The van der Waals surface area contributed by atoms with E-state index in [0.717, 1.165) is 32.1 Å². The molecule has 1 heterocycles. The second kappa shape index (κ2) is 7.05. The summed E-state index contributed by atoms with van der Waals surface area (Å²) in [5, 5.41) is 12.8. The first-order valence-corrected chi connectivity index (χ1v) is 8.25. The van der Waals surface area contributed by atoms with Crippen LogP contribution in [0, 0.1) is 5.92 Å². The van der Waals surface area contributed by atoms with Crippen molar-refractivity contribution in [3.8, 4) is 0 Å². The van der Waals surface area contributed by atoms with Gasteiger partial charge >= 0.3 is 0 Å². The number of hydrogen-bond donors (Lipinski definition) is 2. The Kier molecular flexibility index (Phi) is 4.88. The standard InChI is InChI=1S/C18H24N2O2/c21-16-11-15(12-16)17(9-14-5-7-19-8-6-14)20-18(22)10-13-3-1-2-4-13/h3,5-8,15-17,21H,1-2,4,9-12H2,(H,20,22)/t15?,16?,17-/m1/s1. The van der Waals surface area contributed by atoms with Crippen LogP contribution in [0.15, 0.2) is 36.2 Å². The molecule has 0 saturated heterocycles. The van der Waals surface area contributed by atoms with E-state index < -0.39 is 0 Å². The Labute approximate surface area is 131 Å². The number of aliphatic hydroxyl groups is 1. The molecule has 1 amide bonds. The van der Waals surface area contributed by atoms with Gasteiger partial charge in [0.25, 0.3) is 0 Å². The molecule has 3 rings (SSSR count). The maximum absolute atomic E-state index is 12.3. The Morgan fingerprint density at radius 1 is 1.36 bits per heavy atom. The molecule has 1 fully saturated rings. The van der Waals surface area contributed by atoms with Crippen molar-refractivity contribution < 1.29 is 9.90 Å². The fourth-order valence-electron chi connectivity index (χ4n) is 3.43.